The van der Waals surface area contributed by atoms with Gasteiger partial charge in [0.25, 0.3) is 0 Å². The largest absolute Gasteiger partial charge is 0.481 e. The van der Waals surface area contributed by atoms with Crippen molar-refractivity contribution in [3.63, 3.8) is 0 Å². The van der Waals surface area contributed by atoms with E-state index in [1.807, 2.05) is 19.1 Å². The molecule has 88 valence electrons. The Morgan fingerprint density at radius 1 is 1.31 bits per heavy atom. The van der Waals surface area contributed by atoms with Crippen LogP contribution in [-0.4, -0.2) is 11.1 Å². The summed E-state index contributed by atoms with van der Waals surface area (Å²) in [7, 11) is 0. The van der Waals surface area contributed by atoms with Crippen molar-refractivity contribution >= 4 is 5.97 Å². The first-order valence-electron chi connectivity index (χ1n) is 5.74. The molecule has 0 amide bonds. The number of aliphatic carboxylic acids is 1. The first-order chi connectivity index (χ1) is 7.41. The third-order valence-electron chi connectivity index (χ3n) is 2.82. The summed E-state index contributed by atoms with van der Waals surface area (Å²) in [6, 6.07) is 6.10. The molecule has 0 radical (unpaired) electrons. The lowest BCUT2D eigenvalue weighted by Crippen LogP contribution is -2.09. The third-order valence-corrected chi connectivity index (χ3v) is 2.82. The average molecular weight is 220 g/mol. The molecule has 0 saturated heterocycles. The lowest BCUT2D eigenvalue weighted by molar-refractivity contribution is -0.138. The van der Waals surface area contributed by atoms with Crippen molar-refractivity contribution in [2.45, 2.75) is 40.0 Å². The first-order valence-corrected chi connectivity index (χ1v) is 5.74. The molecule has 1 N–H and O–H groups in total. The molecule has 1 aromatic carbocycles. The quantitative estimate of drug-likeness (QED) is 0.844. The molecule has 0 aliphatic rings. The van der Waals surface area contributed by atoms with Crippen LogP contribution in [0.3, 0.4) is 0 Å². The summed E-state index contributed by atoms with van der Waals surface area (Å²) in [5, 5.41) is 8.97. The Morgan fingerprint density at radius 2 is 1.94 bits per heavy atom. The predicted molar refractivity (Wildman–Crippen MR) is 65.8 cm³/mol. The van der Waals surface area contributed by atoms with Crippen LogP contribution in [-0.2, 0) is 11.2 Å². The Kier molecular flexibility index (Phi) is 4.11. The van der Waals surface area contributed by atoms with Crippen LogP contribution in [0.4, 0.5) is 0 Å². The van der Waals surface area contributed by atoms with E-state index in [2.05, 4.69) is 19.9 Å². The monoisotopic (exact) mass is 220 g/mol. The van der Waals surface area contributed by atoms with E-state index in [0.717, 1.165) is 17.5 Å². The second kappa shape index (κ2) is 5.15. The van der Waals surface area contributed by atoms with Crippen LogP contribution in [0.1, 0.15) is 43.4 Å². The highest BCUT2D eigenvalue weighted by molar-refractivity contribution is 5.76. The van der Waals surface area contributed by atoms with Crippen LogP contribution in [0.25, 0.3) is 0 Å². The van der Waals surface area contributed by atoms with E-state index in [1.165, 1.54) is 5.56 Å². The highest BCUT2D eigenvalue weighted by atomic mass is 16.4. The molecule has 0 saturated carbocycles. The fourth-order valence-corrected chi connectivity index (χ4v) is 1.96. The summed E-state index contributed by atoms with van der Waals surface area (Å²) in [4.78, 5) is 10.9. The number of hydrogen-bond donors (Lipinski definition) is 1. The Morgan fingerprint density at radius 3 is 2.38 bits per heavy atom. The van der Waals surface area contributed by atoms with Crippen LogP contribution in [0.2, 0.25) is 0 Å². The van der Waals surface area contributed by atoms with Gasteiger partial charge in [0.2, 0.25) is 0 Å². The van der Waals surface area contributed by atoms with Crippen molar-refractivity contribution in [1.29, 1.82) is 0 Å². The fourth-order valence-electron chi connectivity index (χ4n) is 1.96. The lowest BCUT2D eigenvalue weighted by atomic mass is 9.92. The molecular weight excluding hydrogens is 200 g/mol. The highest BCUT2D eigenvalue weighted by Crippen LogP contribution is 2.22. The zero-order valence-corrected chi connectivity index (χ0v) is 10.4. The second-order valence-electron chi connectivity index (χ2n) is 4.85. The van der Waals surface area contributed by atoms with Crippen molar-refractivity contribution in [2.24, 2.45) is 5.92 Å². The molecule has 2 nitrogen and oxygen atoms in total. The molecule has 0 bridgehead atoms. The minimum atomic E-state index is -0.764. The molecule has 1 aromatic rings. The molecule has 0 aliphatic heterocycles. The third kappa shape index (κ3) is 3.09. The van der Waals surface area contributed by atoms with E-state index >= 15 is 0 Å². The minimum Gasteiger partial charge on any atom is -0.481 e. The predicted octanol–water partition coefficient (Wildman–Crippen LogP) is 3.38. The van der Waals surface area contributed by atoms with Gasteiger partial charge >= 0.3 is 5.97 Å². The summed E-state index contributed by atoms with van der Waals surface area (Å²) in [5.74, 6) is -0.560. The first kappa shape index (κ1) is 12.8. The molecule has 16 heavy (non-hydrogen) atoms. The van der Waals surface area contributed by atoms with E-state index in [4.69, 9.17) is 5.11 Å². The molecule has 1 unspecified atom stereocenters. The minimum absolute atomic E-state index is 0.423. The molecule has 1 rings (SSSR count). The zero-order valence-electron chi connectivity index (χ0n) is 10.4. The number of carboxylic acid groups (broad SMARTS) is 1. The average Bonchev–Trinajstić information content (AvgIpc) is 2.15. The van der Waals surface area contributed by atoms with Gasteiger partial charge in [0.15, 0.2) is 0 Å². The summed E-state index contributed by atoms with van der Waals surface area (Å²) in [5.41, 5.74) is 3.28. The Balaban J connectivity index is 2.95. The molecule has 2 heteroatoms. The van der Waals surface area contributed by atoms with Crippen LogP contribution >= 0.6 is 0 Å². The van der Waals surface area contributed by atoms with Crippen molar-refractivity contribution in [1.82, 2.24) is 0 Å². The maximum Gasteiger partial charge on any atom is 0.310 e. The van der Waals surface area contributed by atoms with Gasteiger partial charge in [-0.05, 0) is 42.9 Å². The molecule has 0 heterocycles. The van der Waals surface area contributed by atoms with Crippen LogP contribution in [0.15, 0.2) is 18.2 Å². The number of rotatable bonds is 4. The smallest absolute Gasteiger partial charge is 0.310 e. The molecular formula is C14H20O2. The lowest BCUT2D eigenvalue weighted by Gasteiger charge is -2.13. The second-order valence-corrected chi connectivity index (χ2v) is 4.85. The van der Waals surface area contributed by atoms with E-state index in [9.17, 15) is 4.79 Å². The van der Waals surface area contributed by atoms with Gasteiger partial charge < -0.3 is 5.11 Å². The van der Waals surface area contributed by atoms with Crippen LogP contribution in [0.5, 0.6) is 0 Å². The van der Waals surface area contributed by atoms with Gasteiger partial charge in [-0.2, -0.15) is 0 Å². The highest BCUT2D eigenvalue weighted by Gasteiger charge is 2.15. The van der Waals surface area contributed by atoms with Gasteiger partial charge in [-0.15, -0.1) is 0 Å². The molecule has 0 spiro atoms. The SMILES string of the molecule is Cc1cc(CC(C)C)ccc1C(C)C(=O)O. The van der Waals surface area contributed by atoms with Crippen molar-refractivity contribution in [2.75, 3.05) is 0 Å². The summed E-state index contributed by atoms with van der Waals surface area (Å²) in [6.07, 6.45) is 1.04. The Labute approximate surface area is 97.3 Å². The van der Waals surface area contributed by atoms with E-state index in [1.54, 1.807) is 6.92 Å². The van der Waals surface area contributed by atoms with Crippen LogP contribution < -0.4 is 0 Å². The van der Waals surface area contributed by atoms with Crippen molar-refractivity contribution < 1.29 is 9.90 Å². The standard InChI is InChI=1S/C14H20O2/c1-9(2)7-12-5-6-13(10(3)8-12)11(4)14(15)16/h5-6,8-9,11H,7H2,1-4H3,(H,15,16). The molecule has 0 fully saturated rings. The van der Waals surface area contributed by atoms with Crippen molar-refractivity contribution in [3.8, 4) is 0 Å². The van der Waals surface area contributed by atoms with Gasteiger partial charge in [-0.25, -0.2) is 0 Å². The molecule has 0 aromatic heterocycles. The summed E-state index contributed by atoms with van der Waals surface area (Å²) in [6.45, 7) is 8.08. The van der Waals surface area contributed by atoms with Crippen molar-refractivity contribution in [3.05, 3.63) is 34.9 Å². The van der Waals surface area contributed by atoms with Gasteiger partial charge in [-0.3, -0.25) is 4.79 Å². The van der Waals surface area contributed by atoms with E-state index < -0.39 is 11.9 Å². The van der Waals surface area contributed by atoms with Crippen LogP contribution in [0, 0.1) is 12.8 Å². The summed E-state index contributed by atoms with van der Waals surface area (Å²) < 4.78 is 0. The maximum absolute atomic E-state index is 10.9. The number of benzene rings is 1. The number of carbonyl (C=O) groups is 1. The number of aryl methyl sites for hydroxylation is 1. The fraction of sp³-hybridized carbons (Fsp3) is 0.500. The Hall–Kier alpha value is -1.31. The van der Waals surface area contributed by atoms with Gasteiger partial charge in [0.1, 0.15) is 0 Å². The number of carboxylic acids is 1. The molecule has 1 atom stereocenters. The Bertz CT molecular complexity index is 380. The molecule has 0 aliphatic carbocycles. The van der Waals surface area contributed by atoms with Gasteiger partial charge in [0, 0.05) is 0 Å². The van der Waals surface area contributed by atoms with Gasteiger partial charge in [-0.1, -0.05) is 32.0 Å². The summed E-state index contributed by atoms with van der Waals surface area (Å²) >= 11 is 0. The topological polar surface area (TPSA) is 37.3 Å². The van der Waals surface area contributed by atoms with E-state index in [0.29, 0.717) is 5.92 Å². The number of hydrogen-bond acceptors (Lipinski definition) is 1. The van der Waals surface area contributed by atoms with Gasteiger partial charge in [0.05, 0.1) is 5.92 Å². The normalized spacial score (nSPS) is 12.8. The maximum atomic E-state index is 10.9. The van der Waals surface area contributed by atoms with E-state index in [-0.39, 0.29) is 0 Å². The zero-order chi connectivity index (χ0) is 12.3.